The van der Waals surface area contributed by atoms with Crippen LogP contribution in [0.2, 0.25) is 0 Å². The van der Waals surface area contributed by atoms with Crippen molar-refractivity contribution in [2.45, 2.75) is 49.5 Å². The second kappa shape index (κ2) is 9.21. The summed E-state index contributed by atoms with van der Waals surface area (Å²) >= 11 is 0. The van der Waals surface area contributed by atoms with E-state index >= 15 is 0 Å². The molecule has 9 heteroatoms. The Morgan fingerprint density at radius 3 is 2.39 bits per heavy atom. The number of carbonyl (C=O) groups excluding carboxylic acids is 1. The SMILES string of the molecule is O=C(NC1CCCC1)C1CCN(c2ncccc2NS(=O)(=O)c2ccc(F)cc2)CC1. The number of rotatable bonds is 6. The highest BCUT2D eigenvalue weighted by Gasteiger charge is 2.29. The van der Waals surface area contributed by atoms with Crippen LogP contribution < -0.4 is 14.9 Å². The number of hydrogen-bond donors (Lipinski definition) is 2. The zero-order valence-corrected chi connectivity index (χ0v) is 18.1. The van der Waals surface area contributed by atoms with Crippen LogP contribution in [0.3, 0.4) is 0 Å². The van der Waals surface area contributed by atoms with Crippen molar-refractivity contribution in [2.75, 3.05) is 22.7 Å². The number of hydrogen-bond acceptors (Lipinski definition) is 5. The minimum atomic E-state index is -3.88. The van der Waals surface area contributed by atoms with E-state index in [0.717, 1.165) is 25.0 Å². The minimum Gasteiger partial charge on any atom is -0.355 e. The van der Waals surface area contributed by atoms with E-state index in [4.69, 9.17) is 0 Å². The lowest BCUT2D eigenvalue weighted by atomic mass is 9.95. The van der Waals surface area contributed by atoms with Gasteiger partial charge in [0.05, 0.1) is 10.6 Å². The van der Waals surface area contributed by atoms with Crippen molar-refractivity contribution >= 4 is 27.4 Å². The number of amides is 1. The van der Waals surface area contributed by atoms with Crippen molar-refractivity contribution < 1.29 is 17.6 Å². The maximum absolute atomic E-state index is 13.2. The first kappa shape index (κ1) is 21.5. The Bertz CT molecular complexity index is 1020. The third-order valence-electron chi connectivity index (χ3n) is 6.02. The molecule has 0 unspecified atom stereocenters. The summed E-state index contributed by atoms with van der Waals surface area (Å²) in [4.78, 5) is 18.9. The van der Waals surface area contributed by atoms with Crippen LogP contribution in [-0.4, -0.2) is 38.4 Å². The van der Waals surface area contributed by atoms with Crippen molar-refractivity contribution in [3.8, 4) is 0 Å². The van der Waals surface area contributed by atoms with E-state index in [-0.39, 0.29) is 16.7 Å². The van der Waals surface area contributed by atoms with Gasteiger partial charge in [0.25, 0.3) is 10.0 Å². The largest absolute Gasteiger partial charge is 0.355 e. The van der Waals surface area contributed by atoms with E-state index in [2.05, 4.69) is 15.0 Å². The van der Waals surface area contributed by atoms with Gasteiger partial charge in [0.1, 0.15) is 5.82 Å². The van der Waals surface area contributed by atoms with Gasteiger partial charge < -0.3 is 10.2 Å². The van der Waals surface area contributed by atoms with Crippen molar-refractivity contribution in [3.63, 3.8) is 0 Å². The summed E-state index contributed by atoms with van der Waals surface area (Å²) in [5.74, 6) is 0.133. The summed E-state index contributed by atoms with van der Waals surface area (Å²) in [6.07, 6.45) is 7.49. The minimum absolute atomic E-state index is 0.0222. The van der Waals surface area contributed by atoms with Crippen LogP contribution in [0.4, 0.5) is 15.9 Å². The number of pyridine rings is 1. The zero-order chi connectivity index (χ0) is 21.8. The van der Waals surface area contributed by atoms with Crippen LogP contribution in [0.15, 0.2) is 47.5 Å². The van der Waals surface area contributed by atoms with Crippen LogP contribution >= 0.6 is 0 Å². The number of halogens is 1. The third kappa shape index (κ3) is 5.15. The predicted molar refractivity (Wildman–Crippen MR) is 117 cm³/mol. The summed E-state index contributed by atoms with van der Waals surface area (Å²) in [6.45, 7) is 1.23. The molecule has 2 heterocycles. The lowest BCUT2D eigenvalue weighted by Gasteiger charge is -2.33. The molecule has 31 heavy (non-hydrogen) atoms. The number of anilines is 2. The standard InChI is InChI=1S/C22H27FN4O3S/c23-17-7-9-19(10-8-17)31(29,30)26-20-6-3-13-24-21(20)27-14-11-16(12-15-27)22(28)25-18-4-1-2-5-18/h3,6-10,13,16,18,26H,1-2,4-5,11-12,14-15H2,(H,25,28). The Morgan fingerprint density at radius 2 is 1.71 bits per heavy atom. The maximum atomic E-state index is 13.2. The van der Waals surface area contributed by atoms with Gasteiger partial charge in [-0.25, -0.2) is 17.8 Å². The number of aromatic nitrogens is 1. The first-order chi connectivity index (χ1) is 14.9. The first-order valence-corrected chi connectivity index (χ1v) is 12.2. The molecule has 1 aliphatic heterocycles. The molecule has 2 fully saturated rings. The molecule has 0 atom stereocenters. The number of sulfonamides is 1. The fourth-order valence-electron chi connectivity index (χ4n) is 4.29. The second-order valence-corrected chi connectivity index (χ2v) is 9.87. The summed E-state index contributed by atoms with van der Waals surface area (Å²) < 4.78 is 41.2. The van der Waals surface area contributed by atoms with E-state index in [9.17, 15) is 17.6 Å². The van der Waals surface area contributed by atoms with Gasteiger partial charge in [-0.2, -0.15) is 0 Å². The Kier molecular flexibility index (Phi) is 6.41. The smallest absolute Gasteiger partial charge is 0.262 e. The van der Waals surface area contributed by atoms with Crippen molar-refractivity contribution in [1.29, 1.82) is 0 Å². The molecule has 1 aromatic carbocycles. The van der Waals surface area contributed by atoms with Crippen LogP contribution in [0.5, 0.6) is 0 Å². The highest BCUT2D eigenvalue weighted by molar-refractivity contribution is 7.92. The molecule has 2 aliphatic rings. The zero-order valence-electron chi connectivity index (χ0n) is 17.3. The normalized spacial score (nSPS) is 18.2. The second-order valence-electron chi connectivity index (χ2n) is 8.19. The van der Waals surface area contributed by atoms with Gasteiger partial charge in [-0.15, -0.1) is 0 Å². The van der Waals surface area contributed by atoms with Gasteiger partial charge in [0, 0.05) is 31.2 Å². The monoisotopic (exact) mass is 446 g/mol. The van der Waals surface area contributed by atoms with E-state index in [1.807, 2.05) is 4.90 Å². The van der Waals surface area contributed by atoms with Gasteiger partial charge in [-0.3, -0.25) is 9.52 Å². The van der Waals surface area contributed by atoms with Crippen LogP contribution in [0.1, 0.15) is 38.5 Å². The van der Waals surface area contributed by atoms with Crippen molar-refractivity contribution in [3.05, 3.63) is 48.4 Å². The molecule has 0 bridgehead atoms. The third-order valence-corrected chi connectivity index (χ3v) is 7.40. The van der Waals surface area contributed by atoms with Crippen LogP contribution in [0.25, 0.3) is 0 Å². The molecule has 1 saturated carbocycles. The number of piperidine rings is 1. The average Bonchev–Trinajstić information content (AvgIpc) is 3.27. The molecule has 166 valence electrons. The predicted octanol–water partition coefficient (Wildman–Crippen LogP) is 3.30. The molecular weight excluding hydrogens is 419 g/mol. The van der Waals surface area contributed by atoms with Crippen LogP contribution in [-0.2, 0) is 14.8 Å². The topological polar surface area (TPSA) is 91.4 Å². The van der Waals surface area contributed by atoms with Crippen molar-refractivity contribution in [1.82, 2.24) is 10.3 Å². The Morgan fingerprint density at radius 1 is 1.03 bits per heavy atom. The summed E-state index contributed by atoms with van der Waals surface area (Å²) in [5, 5.41) is 3.18. The van der Waals surface area contributed by atoms with E-state index in [0.29, 0.717) is 43.5 Å². The highest BCUT2D eigenvalue weighted by Crippen LogP contribution is 2.30. The molecule has 1 aliphatic carbocycles. The molecule has 1 aromatic heterocycles. The lowest BCUT2D eigenvalue weighted by molar-refractivity contribution is -0.126. The maximum Gasteiger partial charge on any atom is 0.262 e. The number of nitrogens with zero attached hydrogens (tertiary/aromatic N) is 2. The quantitative estimate of drug-likeness (QED) is 0.711. The molecule has 4 rings (SSSR count). The molecule has 1 amide bonds. The Labute approximate surface area is 182 Å². The molecule has 1 saturated heterocycles. The Hall–Kier alpha value is -2.68. The van der Waals surface area contributed by atoms with Gasteiger partial charge in [-0.05, 0) is 62.1 Å². The lowest BCUT2D eigenvalue weighted by Crippen LogP contribution is -2.43. The fraction of sp³-hybridized carbons (Fsp3) is 0.455. The summed E-state index contributed by atoms with van der Waals surface area (Å²) in [7, 11) is -3.88. The average molecular weight is 447 g/mol. The summed E-state index contributed by atoms with van der Waals surface area (Å²) in [5.41, 5.74) is 0.362. The van der Waals surface area contributed by atoms with E-state index in [1.165, 1.54) is 25.0 Å². The summed E-state index contributed by atoms with van der Waals surface area (Å²) in [6, 6.07) is 8.30. The van der Waals surface area contributed by atoms with Crippen LogP contribution in [0, 0.1) is 11.7 Å². The van der Waals surface area contributed by atoms with E-state index < -0.39 is 15.8 Å². The van der Waals surface area contributed by atoms with Crippen molar-refractivity contribution in [2.24, 2.45) is 5.92 Å². The van der Waals surface area contributed by atoms with Gasteiger partial charge in [0.2, 0.25) is 5.91 Å². The fourth-order valence-corrected chi connectivity index (χ4v) is 5.35. The molecule has 2 aromatic rings. The highest BCUT2D eigenvalue weighted by atomic mass is 32.2. The Balaban J connectivity index is 1.42. The molecule has 0 radical (unpaired) electrons. The molecule has 0 spiro atoms. The number of nitrogens with one attached hydrogen (secondary N) is 2. The molecular formula is C22H27FN4O3S. The molecule has 2 N–H and O–H groups in total. The first-order valence-electron chi connectivity index (χ1n) is 10.7. The van der Waals surface area contributed by atoms with E-state index in [1.54, 1.807) is 18.3 Å². The van der Waals surface area contributed by atoms with Gasteiger partial charge in [0.15, 0.2) is 5.82 Å². The van der Waals surface area contributed by atoms with Gasteiger partial charge >= 0.3 is 0 Å². The number of benzene rings is 1. The number of carbonyl (C=O) groups is 1. The van der Waals surface area contributed by atoms with Gasteiger partial charge in [-0.1, -0.05) is 12.8 Å². The molecule has 7 nitrogen and oxygen atoms in total.